The highest BCUT2D eigenvalue weighted by Gasteiger charge is 2.05. The van der Waals surface area contributed by atoms with Crippen LogP contribution < -0.4 is 5.73 Å². The van der Waals surface area contributed by atoms with Gasteiger partial charge in [0.2, 0.25) is 0 Å². The van der Waals surface area contributed by atoms with Gasteiger partial charge in [0.25, 0.3) is 5.95 Å². The van der Waals surface area contributed by atoms with Crippen molar-refractivity contribution in [3.63, 3.8) is 0 Å². The largest absolute Gasteiger partial charge is 0.387 e. The van der Waals surface area contributed by atoms with Crippen LogP contribution in [-0.2, 0) is 0 Å². The maximum absolute atomic E-state index is 5.44. The maximum Gasteiger partial charge on any atom is 0.254 e. The van der Waals surface area contributed by atoms with Crippen LogP contribution in [0.15, 0.2) is 11.6 Å². The van der Waals surface area contributed by atoms with Gasteiger partial charge in [-0.05, 0) is 20.8 Å². The van der Waals surface area contributed by atoms with Gasteiger partial charge in [-0.2, -0.15) is 15.1 Å². The van der Waals surface area contributed by atoms with Crippen molar-refractivity contribution in [2.45, 2.75) is 20.8 Å². The molecular formula is C8H13N5. The van der Waals surface area contributed by atoms with Crippen molar-refractivity contribution in [2.24, 2.45) is 10.7 Å². The Kier molecular flexibility index (Phi) is 2.46. The van der Waals surface area contributed by atoms with Crippen LogP contribution in [0.25, 0.3) is 5.70 Å². The first kappa shape index (κ1) is 9.44. The van der Waals surface area contributed by atoms with Gasteiger partial charge in [-0.25, -0.2) is 4.68 Å². The molecule has 0 atom stereocenters. The first-order chi connectivity index (χ1) is 6.00. The standard InChI is InChI=1S/C8H13N5/c1-5(2)13-8(10-6(3)9)11-7(4)12-13/h1H2,2-4H3,(H2,9,10,11,12). The van der Waals surface area contributed by atoms with Crippen LogP contribution in [0.3, 0.4) is 0 Å². The molecule has 70 valence electrons. The third kappa shape index (κ3) is 2.14. The third-order valence-electron chi connectivity index (χ3n) is 1.33. The molecule has 1 aromatic rings. The van der Waals surface area contributed by atoms with Crippen LogP contribution in [0.1, 0.15) is 19.7 Å². The fourth-order valence-corrected chi connectivity index (χ4v) is 0.890. The fourth-order valence-electron chi connectivity index (χ4n) is 0.890. The second-order valence-electron chi connectivity index (χ2n) is 2.86. The van der Waals surface area contributed by atoms with Crippen LogP contribution in [-0.4, -0.2) is 20.6 Å². The van der Waals surface area contributed by atoms with Crippen LogP contribution in [0.4, 0.5) is 5.95 Å². The second-order valence-corrected chi connectivity index (χ2v) is 2.86. The Morgan fingerprint density at radius 1 is 1.54 bits per heavy atom. The van der Waals surface area contributed by atoms with E-state index in [1.807, 2.05) is 6.92 Å². The summed E-state index contributed by atoms with van der Waals surface area (Å²) in [6.45, 7) is 9.09. The zero-order valence-corrected chi connectivity index (χ0v) is 8.07. The van der Waals surface area contributed by atoms with Crippen molar-refractivity contribution < 1.29 is 0 Å². The predicted molar refractivity (Wildman–Crippen MR) is 52.7 cm³/mol. The molecule has 0 aromatic carbocycles. The van der Waals surface area contributed by atoms with E-state index in [4.69, 9.17) is 5.73 Å². The Morgan fingerprint density at radius 2 is 2.15 bits per heavy atom. The molecule has 0 amide bonds. The van der Waals surface area contributed by atoms with Gasteiger partial charge in [0.15, 0.2) is 0 Å². The normalized spacial score (nSPS) is 11.8. The zero-order chi connectivity index (χ0) is 10.0. The first-order valence-corrected chi connectivity index (χ1v) is 3.91. The van der Waals surface area contributed by atoms with Gasteiger partial charge in [-0.15, -0.1) is 0 Å². The lowest BCUT2D eigenvalue weighted by Gasteiger charge is -1.99. The molecule has 1 aromatic heterocycles. The summed E-state index contributed by atoms with van der Waals surface area (Å²) in [4.78, 5) is 8.12. The van der Waals surface area contributed by atoms with E-state index in [2.05, 4.69) is 21.7 Å². The summed E-state index contributed by atoms with van der Waals surface area (Å²) in [7, 11) is 0. The van der Waals surface area contributed by atoms with Crippen molar-refractivity contribution in [1.82, 2.24) is 14.8 Å². The summed E-state index contributed by atoms with van der Waals surface area (Å²) in [6.07, 6.45) is 0. The number of allylic oxidation sites excluding steroid dienone is 1. The van der Waals surface area contributed by atoms with Gasteiger partial charge in [-0.1, -0.05) is 6.58 Å². The number of hydrogen-bond donors (Lipinski definition) is 1. The summed E-state index contributed by atoms with van der Waals surface area (Å²) in [6, 6.07) is 0. The molecule has 5 heteroatoms. The first-order valence-electron chi connectivity index (χ1n) is 3.91. The van der Waals surface area contributed by atoms with E-state index in [-0.39, 0.29) is 0 Å². The summed E-state index contributed by atoms with van der Waals surface area (Å²) in [5, 5.41) is 4.11. The van der Waals surface area contributed by atoms with E-state index >= 15 is 0 Å². The molecule has 0 unspecified atom stereocenters. The number of aliphatic imine (C=N–C) groups is 1. The molecule has 1 rings (SSSR count). The molecule has 13 heavy (non-hydrogen) atoms. The van der Waals surface area contributed by atoms with E-state index in [0.717, 1.165) is 5.70 Å². The summed E-state index contributed by atoms with van der Waals surface area (Å²) < 4.78 is 1.56. The zero-order valence-electron chi connectivity index (χ0n) is 8.07. The van der Waals surface area contributed by atoms with Crippen molar-refractivity contribution in [1.29, 1.82) is 0 Å². The lowest BCUT2D eigenvalue weighted by Crippen LogP contribution is -2.05. The third-order valence-corrected chi connectivity index (χ3v) is 1.33. The number of amidine groups is 1. The molecule has 2 N–H and O–H groups in total. The molecule has 0 radical (unpaired) electrons. The highest BCUT2D eigenvalue weighted by Crippen LogP contribution is 2.12. The SMILES string of the molecule is C=C(C)n1nc(C)nc1N=C(C)N. The van der Waals surface area contributed by atoms with Crippen molar-refractivity contribution in [3.05, 3.63) is 12.4 Å². The maximum atomic E-state index is 5.44. The quantitative estimate of drug-likeness (QED) is 0.545. The Hall–Kier alpha value is -1.65. The second kappa shape index (κ2) is 3.38. The molecule has 0 spiro atoms. The smallest absolute Gasteiger partial charge is 0.254 e. The number of nitrogens with two attached hydrogens (primary N) is 1. The lowest BCUT2D eigenvalue weighted by atomic mass is 10.6. The topological polar surface area (TPSA) is 69.1 Å². The minimum absolute atomic E-state index is 0.454. The molecule has 5 nitrogen and oxygen atoms in total. The van der Waals surface area contributed by atoms with E-state index < -0.39 is 0 Å². The molecule has 0 aliphatic rings. The van der Waals surface area contributed by atoms with Gasteiger partial charge in [0.1, 0.15) is 5.82 Å². The van der Waals surface area contributed by atoms with Gasteiger partial charge in [0.05, 0.1) is 5.84 Å². The molecule has 0 fully saturated rings. The number of nitrogens with zero attached hydrogens (tertiary/aromatic N) is 4. The molecule has 0 bridgehead atoms. The van der Waals surface area contributed by atoms with Gasteiger partial charge in [0, 0.05) is 5.70 Å². The monoisotopic (exact) mass is 179 g/mol. The van der Waals surface area contributed by atoms with E-state index in [0.29, 0.717) is 17.6 Å². The Labute approximate surface area is 77.0 Å². The Bertz CT molecular complexity index is 357. The number of hydrogen-bond acceptors (Lipinski definition) is 3. The van der Waals surface area contributed by atoms with Crippen LogP contribution >= 0.6 is 0 Å². The molecule has 0 saturated carbocycles. The molecule has 0 saturated heterocycles. The van der Waals surface area contributed by atoms with E-state index in [1.54, 1.807) is 18.5 Å². The molecule has 1 heterocycles. The number of rotatable bonds is 2. The average Bonchev–Trinajstić information content (AvgIpc) is 2.29. The molecule has 0 aliphatic carbocycles. The summed E-state index contributed by atoms with van der Waals surface area (Å²) in [5.41, 5.74) is 6.21. The van der Waals surface area contributed by atoms with Crippen LogP contribution in [0, 0.1) is 6.92 Å². The predicted octanol–water partition coefficient (Wildman–Crippen LogP) is 1.09. The Balaban J connectivity index is 3.20. The lowest BCUT2D eigenvalue weighted by molar-refractivity contribution is 0.878. The molecular weight excluding hydrogens is 166 g/mol. The van der Waals surface area contributed by atoms with Crippen LogP contribution in [0.5, 0.6) is 0 Å². The number of aryl methyl sites for hydroxylation is 1. The summed E-state index contributed by atoms with van der Waals surface area (Å²) in [5.74, 6) is 1.59. The van der Waals surface area contributed by atoms with Crippen LogP contribution in [0.2, 0.25) is 0 Å². The van der Waals surface area contributed by atoms with Crippen molar-refractivity contribution >= 4 is 17.5 Å². The highest BCUT2D eigenvalue weighted by atomic mass is 15.4. The van der Waals surface area contributed by atoms with Gasteiger partial charge >= 0.3 is 0 Å². The van der Waals surface area contributed by atoms with Gasteiger partial charge < -0.3 is 5.73 Å². The van der Waals surface area contributed by atoms with Crippen molar-refractivity contribution in [2.75, 3.05) is 0 Å². The molecule has 0 aliphatic heterocycles. The van der Waals surface area contributed by atoms with E-state index in [9.17, 15) is 0 Å². The summed E-state index contributed by atoms with van der Waals surface area (Å²) >= 11 is 0. The van der Waals surface area contributed by atoms with Crippen molar-refractivity contribution in [3.8, 4) is 0 Å². The minimum atomic E-state index is 0.454. The average molecular weight is 179 g/mol. The number of aromatic nitrogens is 3. The fraction of sp³-hybridized carbons (Fsp3) is 0.375. The van der Waals surface area contributed by atoms with E-state index in [1.165, 1.54) is 0 Å². The van der Waals surface area contributed by atoms with Gasteiger partial charge in [-0.3, -0.25) is 0 Å². The highest BCUT2D eigenvalue weighted by molar-refractivity contribution is 5.79. The Morgan fingerprint density at radius 3 is 2.62 bits per heavy atom. The minimum Gasteiger partial charge on any atom is -0.387 e.